The summed E-state index contributed by atoms with van der Waals surface area (Å²) in [5, 5.41) is 0. The second-order valence-corrected chi connectivity index (χ2v) is 7.63. The van der Waals surface area contributed by atoms with E-state index in [0.717, 1.165) is 29.6 Å². The molecule has 0 aromatic carbocycles. The fraction of sp³-hybridized carbons (Fsp3) is 0.750. The average molecular weight is 674 g/mol. The van der Waals surface area contributed by atoms with Gasteiger partial charge >= 0.3 is 54.0 Å². The normalized spacial score (nSPS) is 26.4. The van der Waals surface area contributed by atoms with Crippen LogP contribution in [0.3, 0.4) is 0 Å². The van der Waals surface area contributed by atoms with Crippen molar-refractivity contribution in [3.63, 3.8) is 0 Å². The summed E-state index contributed by atoms with van der Waals surface area (Å²) < 4.78 is 0. The predicted molar refractivity (Wildman–Crippen MR) is 143 cm³/mol. The molecule has 0 N–H and O–H groups in total. The van der Waals surface area contributed by atoms with Gasteiger partial charge < -0.3 is 40.1 Å². The molecule has 0 aromatic rings. The zero-order valence-electron chi connectivity index (χ0n) is 21.7. The number of rotatable bonds is 0. The van der Waals surface area contributed by atoms with Crippen molar-refractivity contribution in [2.75, 3.05) is 12.5 Å². The molecule has 0 spiro atoms. The quantitative estimate of drug-likeness (QED) is 0.143. The summed E-state index contributed by atoms with van der Waals surface area (Å²) in [5.74, 6) is 5.37. The van der Waals surface area contributed by atoms with Gasteiger partial charge in [0.1, 0.15) is 0 Å². The molecule has 0 nitrogen and oxygen atoms in total. The molecule has 0 heterocycles. The Balaban J connectivity index is -0.0000000686. The molecule has 0 unspecified atom stereocenters. The first-order valence-electron chi connectivity index (χ1n) is 9.54. The van der Waals surface area contributed by atoms with E-state index in [9.17, 15) is 0 Å². The molecule has 0 saturated heterocycles. The van der Waals surface area contributed by atoms with E-state index in [0.29, 0.717) is 5.92 Å². The van der Waals surface area contributed by atoms with Gasteiger partial charge in [0.15, 0.2) is 0 Å². The first-order valence-corrected chi connectivity index (χ1v) is 15.7. The number of allylic oxidation sites excluding steroid dienone is 4. The molecule has 2 aliphatic rings. The third kappa shape index (κ3) is 14.3. The Morgan fingerprint density at radius 3 is 0.700 bits per heavy atom. The predicted octanol–water partition coefficient (Wildman–Crippen LogP) is 9.09. The molecule has 0 aliphatic heterocycles. The topological polar surface area (TPSA) is 0 Å². The second-order valence-electron chi connectivity index (χ2n) is 7.63. The molecular weight excluding hydrogens is 625 g/mol. The maximum absolute atomic E-state index is 4.57. The van der Waals surface area contributed by atoms with Crippen molar-refractivity contribution in [2.45, 2.75) is 69.2 Å². The van der Waals surface area contributed by atoms with E-state index in [-0.39, 0.29) is 14.9 Å². The van der Waals surface area contributed by atoms with Crippen LogP contribution in [0.2, 0.25) is 0 Å². The molecular formula is C24H48Cl2Ru2S2-2. The van der Waals surface area contributed by atoms with Crippen molar-refractivity contribution in [2.24, 2.45) is 35.5 Å². The van der Waals surface area contributed by atoms with Gasteiger partial charge in [-0.15, -0.1) is 0 Å². The van der Waals surface area contributed by atoms with Crippen LogP contribution in [-0.4, -0.2) is 12.5 Å². The standard InChI is InChI=1S/C10H20.C10H16.2CH4S.2CH3.2ClH.2Ru/c2*1-6-7(2)9(4)10(5)8(6)3;2*1-2;;;;;;/h6-10H,1-5H3;6H,1-5H3;2*2H,1H3;2*1H3;2*1H;;/q;;;;2*-1;;;2*+2/p-4. The molecule has 30 heavy (non-hydrogen) atoms. The first-order chi connectivity index (χ1) is 13.1. The third-order valence-corrected chi connectivity index (χ3v) is 7.19. The van der Waals surface area contributed by atoms with Crippen molar-refractivity contribution in [3.05, 3.63) is 37.1 Å². The van der Waals surface area contributed by atoms with Gasteiger partial charge in [-0.3, -0.25) is 0 Å². The number of hydrogen-bond acceptors (Lipinski definition) is 2. The summed E-state index contributed by atoms with van der Waals surface area (Å²) in [4.78, 5) is 0. The van der Waals surface area contributed by atoms with Crippen molar-refractivity contribution in [3.8, 4) is 0 Å². The summed E-state index contributed by atoms with van der Waals surface area (Å²) in [6, 6.07) is 0. The monoisotopic (exact) mass is 674 g/mol. The molecule has 1 fully saturated rings. The molecule has 188 valence electrons. The summed E-state index contributed by atoms with van der Waals surface area (Å²) >= 11 is 11.8. The Bertz CT molecular complexity index is 372. The molecule has 0 radical (unpaired) electrons. The molecule has 0 bridgehead atoms. The molecule has 0 aromatic heterocycles. The Hall–Kier alpha value is 2.01. The van der Waals surface area contributed by atoms with Gasteiger partial charge in [0.05, 0.1) is 0 Å². The van der Waals surface area contributed by atoms with E-state index >= 15 is 0 Å². The van der Waals surface area contributed by atoms with Crippen LogP contribution in [0.15, 0.2) is 22.3 Å². The van der Waals surface area contributed by atoms with E-state index in [2.05, 4.69) is 114 Å². The van der Waals surface area contributed by atoms with Crippen molar-refractivity contribution >= 4 is 44.6 Å². The van der Waals surface area contributed by atoms with E-state index in [1.54, 1.807) is 23.7 Å². The molecule has 2 aliphatic carbocycles. The van der Waals surface area contributed by atoms with Crippen molar-refractivity contribution in [1.82, 2.24) is 0 Å². The SMILES string of the molecule is CC1=C(C)C(C)C(C)=C1C.CC1C(C)C(C)C(C)C1C.C[S-].C[S-].[CH3-].[CH3-].[Cl][Ru+].[Cl][Ru+]. The Morgan fingerprint density at radius 2 is 0.633 bits per heavy atom. The van der Waals surface area contributed by atoms with Crippen LogP contribution in [0, 0.1) is 50.4 Å². The zero-order chi connectivity index (χ0) is 23.8. The maximum atomic E-state index is 4.57. The second kappa shape index (κ2) is 27.3. The fourth-order valence-corrected chi connectivity index (χ4v) is 3.96. The van der Waals surface area contributed by atoms with Crippen LogP contribution in [0.5, 0.6) is 0 Å². The Morgan fingerprint density at radius 1 is 0.500 bits per heavy atom. The Kier molecular flexibility index (Phi) is 41.3. The van der Waals surface area contributed by atoms with Crippen LogP contribution in [-0.2, 0) is 59.9 Å². The van der Waals surface area contributed by atoms with Gasteiger partial charge in [-0.2, -0.15) is 12.5 Å². The number of halogens is 2. The van der Waals surface area contributed by atoms with E-state index in [1.807, 2.05) is 34.6 Å². The molecule has 0 atom stereocenters. The average Bonchev–Trinajstić information content (AvgIpc) is 3.04. The van der Waals surface area contributed by atoms with Gasteiger partial charge in [0, 0.05) is 0 Å². The zero-order valence-corrected chi connectivity index (χ0v) is 28.4. The Labute approximate surface area is 231 Å². The molecule has 2 rings (SSSR count). The van der Waals surface area contributed by atoms with Gasteiger partial charge in [-0.1, -0.05) is 52.7 Å². The van der Waals surface area contributed by atoms with Crippen LogP contribution in [0.4, 0.5) is 0 Å². The minimum atomic E-state index is 0. The van der Waals surface area contributed by atoms with Crippen LogP contribution in [0.1, 0.15) is 69.2 Å². The fourth-order valence-electron chi connectivity index (χ4n) is 3.96. The summed E-state index contributed by atoms with van der Waals surface area (Å²) in [7, 11) is 9.14. The van der Waals surface area contributed by atoms with Gasteiger partial charge in [0.25, 0.3) is 0 Å². The van der Waals surface area contributed by atoms with Gasteiger partial charge in [0.2, 0.25) is 0 Å². The van der Waals surface area contributed by atoms with E-state index in [1.165, 1.54) is 11.1 Å². The minimum absolute atomic E-state index is 0. The summed E-state index contributed by atoms with van der Waals surface area (Å²) in [5.41, 5.74) is 6.11. The number of hydrogen-bond donors (Lipinski definition) is 0. The van der Waals surface area contributed by atoms with E-state index < -0.39 is 0 Å². The van der Waals surface area contributed by atoms with Gasteiger partial charge in [-0.05, 0) is 74.3 Å². The van der Waals surface area contributed by atoms with Crippen LogP contribution < -0.4 is 0 Å². The van der Waals surface area contributed by atoms with E-state index in [4.69, 9.17) is 0 Å². The van der Waals surface area contributed by atoms with Crippen molar-refractivity contribution < 1.29 is 34.6 Å². The molecule has 0 amide bonds. The van der Waals surface area contributed by atoms with Crippen molar-refractivity contribution in [1.29, 1.82) is 0 Å². The third-order valence-electron chi connectivity index (χ3n) is 7.19. The van der Waals surface area contributed by atoms with Gasteiger partial charge in [-0.25, -0.2) is 0 Å². The first kappa shape index (κ1) is 45.5. The van der Waals surface area contributed by atoms with Crippen LogP contribution in [0.25, 0.3) is 0 Å². The molecule has 1 saturated carbocycles. The van der Waals surface area contributed by atoms with Crippen LogP contribution >= 0.6 is 19.4 Å². The summed E-state index contributed by atoms with van der Waals surface area (Å²) in [6.45, 7) is 23.2. The molecule has 6 heteroatoms. The summed E-state index contributed by atoms with van der Waals surface area (Å²) in [6.07, 6.45) is 3.17.